The molecule has 9 nitrogen and oxygen atoms in total. The quantitative estimate of drug-likeness (QED) is 0.204. The average molecular weight is 531 g/mol. The summed E-state index contributed by atoms with van der Waals surface area (Å²) >= 11 is 5.95. The zero-order chi connectivity index (χ0) is 27.0. The average Bonchev–Trinajstić information content (AvgIpc) is 3.45. The van der Waals surface area contributed by atoms with Crippen LogP contribution in [0.15, 0.2) is 72.9 Å². The van der Waals surface area contributed by atoms with Gasteiger partial charge >= 0.3 is 0 Å². The molecule has 4 aromatic rings. The molecule has 1 saturated heterocycles. The van der Waals surface area contributed by atoms with Gasteiger partial charge in [-0.05, 0) is 49.2 Å². The molecule has 2 heterocycles. The molecule has 38 heavy (non-hydrogen) atoms. The van der Waals surface area contributed by atoms with Gasteiger partial charge in [-0.25, -0.2) is 4.90 Å². The Kier molecular flexibility index (Phi) is 6.69. The zero-order valence-corrected chi connectivity index (χ0v) is 21.1. The molecular formula is C28H23ClN4O5. The third kappa shape index (κ3) is 4.64. The second-order valence-corrected chi connectivity index (χ2v) is 9.56. The molecule has 1 aliphatic rings. The van der Waals surface area contributed by atoms with Crippen molar-refractivity contribution in [1.29, 1.82) is 0 Å². The highest BCUT2D eigenvalue weighted by Gasteiger charge is 2.44. The number of hydrogen-bond acceptors (Lipinski definition) is 5. The molecule has 1 N–H and O–H groups in total. The normalized spacial score (nSPS) is 15.3. The van der Waals surface area contributed by atoms with Crippen molar-refractivity contribution in [2.45, 2.75) is 25.8 Å². The lowest BCUT2D eigenvalue weighted by molar-refractivity contribution is -0.384. The van der Waals surface area contributed by atoms with E-state index in [4.69, 9.17) is 11.6 Å². The number of para-hydroxylation sites is 1. The van der Waals surface area contributed by atoms with E-state index in [0.29, 0.717) is 12.1 Å². The number of nitro benzene ring substituents is 1. The Hall–Kier alpha value is -4.50. The molecule has 0 radical (unpaired) electrons. The molecular weight excluding hydrogens is 508 g/mol. The highest BCUT2D eigenvalue weighted by atomic mass is 35.5. The van der Waals surface area contributed by atoms with Gasteiger partial charge in [0.1, 0.15) is 11.1 Å². The maximum Gasteiger partial charge on any atom is 0.288 e. The molecule has 3 aromatic carbocycles. The summed E-state index contributed by atoms with van der Waals surface area (Å²) < 4.78 is 0. The molecule has 1 aliphatic heterocycles. The fourth-order valence-corrected chi connectivity index (χ4v) is 4.94. The number of hydrogen-bond donors (Lipinski definition) is 1. The highest BCUT2D eigenvalue weighted by Crippen LogP contribution is 2.30. The van der Waals surface area contributed by atoms with E-state index in [9.17, 15) is 24.5 Å². The number of rotatable bonds is 7. The first-order valence-corrected chi connectivity index (χ1v) is 12.4. The summed E-state index contributed by atoms with van der Waals surface area (Å²) in [6.07, 6.45) is 2.05. The van der Waals surface area contributed by atoms with Crippen molar-refractivity contribution in [2.24, 2.45) is 0 Å². The summed E-state index contributed by atoms with van der Waals surface area (Å²) in [4.78, 5) is 56.7. The molecule has 1 fully saturated rings. The van der Waals surface area contributed by atoms with Gasteiger partial charge < -0.3 is 9.88 Å². The van der Waals surface area contributed by atoms with Crippen molar-refractivity contribution in [3.05, 3.63) is 105 Å². The molecule has 10 heteroatoms. The summed E-state index contributed by atoms with van der Waals surface area (Å²) in [6, 6.07) is 17.4. The van der Waals surface area contributed by atoms with Crippen LogP contribution in [0, 0.1) is 17.0 Å². The van der Waals surface area contributed by atoms with Crippen LogP contribution in [0.1, 0.15) is 27.9 Å². The van der Waals surface area contributed by atoms with Crippen molar-refractivity contribution >= 4 is 51.6 Å². The largest absolute Gasteiger partial charge is 0.361 e. The number of fused-ring (bicyclic) bond motifs is 1. The summed E-state index contributed by atoms with van der Waals surface area (Å²) in [5, 5.41) is 12.3. The third-order valence-electron chi connectivity index (χ3n) is 6.74. The van der Waals surface area contributed by atoms with Crippen LogP contribution in [0.2, 0.25) is 5.02 Å². The highest BCUT2D eigenvalue weighted by molar-refractivity contribution is 6.32. The number of halogens is 1. The molecule has 0 aliphatic carbocycles. The second kappa shape index (κ2) is 10.1. The molecule has 0 bridgehead atoms. The Morgan fingerprint density at radius 1 is 1.13 bits per heavy atom. The number of aryl methyl sites for hydroxylation is 1. The number of carbonyl (C=O) groups excluding carboxylic acids is 3. The first-order chi connectivity index (χ1) is 18.2. The van der Waals surface area contributed by atoms with Crippen LogP contribution in [-0.4, -0.2) is 45.1 Å². The predicted octanol–water partition coefficient (Wildman–Crippen LogP) is 5.05. The second-order valence-electron chi connectivity index (χ2n) is 9.15. The van der Waals surface area contributed by atoms with E-state index in [1.807, 2.05) is 37.4 Å². The van der Waals surface area contributed by atoms with Crippen molar-refractivity contribution in [1.82, 2.24) is 9.88 Å². The number of nitro groups is 1. The number of amides is 3. The van der Waals surface area contributed by atoms with Crippen LogP contribution in [0.25, 0.3) is 10.9 Å². The first kappa shape index (κ1) is 25.2. The number of carbonyl (C=O) groups is 3. The van der Waals surface area contributed by atoms with Gasteiger partial charge in [0.15, 0.2) is 0 Å². The van der Waals surface area contributed by atoms with Crippen molar-refractivity contribution < 1.29 is 19.3 Å². The number of anilines is 1. The topological polar surface area (TPSA) is 117 Å². The van der Waals surface area contributed by atoms with Gasteiger partial charge in [-0.1, -0.05) is 47.5 Å². The third-order valence-corrected chi connectivity index (χ3v) is 7.06. The van der Waals surface area contributed by atoms with Crippen LogP contribution in [0.5, 0.6) is 0 Å². The molecule has 1 unspecified atom stereocenters. The van der Waals surface area contributed by atoms with Crippen LogP contribution < -0.4 is 4.90 Å². The van der Waals surface area contributed by atoms with Crippen molar-refractivity contribution in [3.8, 4) is 0 Å². The number of benzene rings is 3. The minimum atomic E-state index is -1.06. The van der Waals surface area contributed by atoms with Crippen molar-refractivity contribution in [3.63, 3.8) is 0 Å². The van der Waals surface area contributed by atoms with E-state index >= 15 is 0 Å². The van der Waals surface area contributed by atoms with E-state index in [1.165, 1.54) is 17.0 Å². The Morgan fingerprint density at radius 3 is 2.61 bits per heavy atom. The maximum absolute atomic E-state index is 13.8. The lowest BCUT2D eigenvalue weighted by Gasteiger charge is -2.28. The molecule has 192 valence electrons. The van der Waals surface area contributed by atoms with Crippen LogP contribution in [0.4, 0.5) is 11.4 Å². The van der Waals surface area contributed by atoms with E-state index in [-0.39, 0.29) is 23.6 Å². The number of aromatic amines is 1. The lowest BCUT2D eigenvalue weighted by Crippen LogP contribution is -2.46. The van der Waals surface area contributed by atoms with Gasteiger partial charge in [0, 0.05) is 35.3 Å². The molecule has 0 saturated carbocycles. The summed E-state index contributed by atoms with van der Waals surface area (Å²) in [5.74, 6) is -1.54. The lowest BCUT2D eigenvalue weighted by atomic mass is 10.1. The zero-order valence-electron chi connectivity index (χ0n) is 20.4. The Labute approximate surface area is 222 Å². The Balaban J connectivity index is 1.49. The van der Waals surface area contributed by atoms with Gasteiger partial charge in [-0.15, -0.1) is 0 Å². The predicted molar refractivity (Wildman–Crippen MR) is 143 cm³/mol. The van der Waals surface area contributed by atoms with E-state index < -0.39 is 34.4 Å². The monoisotopic (exact) mass is 530 g/mol. The van der Waals surface area contributed by atoms with Crippen molar-refractivity contribution in [2.75, 3.05) is 11.4 Å². The molecule has 0 spiro atoms. The van der Waals surface area contributed by atoms with E-state index in [1.54, 1.807) is 24.3 Å². The SMILES string of the molecule is Cc1ccc(N2C(=O)CC(N(CCc3c[nH]c4ccccc34)C(=O)c3ccc(Cl)c([N+](=O)[O-])c3)C2=O)cc1. The number of nitrogens with zero attached hydrogens (tertiary/aromatic N) is 3. The fraction of sp³-hybridized carbons (Fsp3) is 0.179. The van der Waals surface area contributed by atoms with Gasteiger partial charge in [0.25, 0.3) is 17.5 Å². The summed E-state index contributed by atoms with van der Waals surface area (Å²) in [6.45, 7) is 2.01. The number of imide groups is 1. The van der Waals surface area contributed by atoms with Crippen LogP contribution in [0.3, 0.4) is 0 Å². The summed E-state index contributed by atoms with van der Waals surface area (Å²) in [5.41, 5.74) is 2.88. The molecule has 1 atom stereocenters. The molecule has 3 amide bonds. The smallest absolute Gasteiger partial charge is 0.288 e. The number of H-pyrrole nitrogens is 1. The Bertz CT molecular complexity index is 1580. The van der Waals surface area contributed by atoms with Gasteiger partial charge in [0.05, 0.1) is 17.0 Å². The van der Waals surface area contributed by atoms with Gasteiger partial charge in [0.2, 0.25) is 5.91 Å². The fourth-order valence-electron chi connectivity index (χ4n) is 4.75. The van der Waals surface area contributed by atoms with E-state index in [2.05, 4.69) is 4.98 Å². The minimum Gasteiger partial charge on any atom is -0.361 e. The Morgan fingerprint density at radius 2 is 1.87 bits per heavy atom. The van der Waals surface area contributed by atoms with Gasteiger partial charge in [-0.3, -0.25) is 24.5 Å². The summed E-state index contributed by atoms with van der Waals surface area (Å²) in [7, 11) is 0. The van der Waals surface area contributed by atoms with E-state index in [0.717, 1.165) is 33.0 Å². The molecule has 5 rings (SSSR count). The number of nitrogens with one attached hydrogen (secondary N) is 1. The maximum atomic E-state index is 13.8. The van der Waals surface area contributed by atoms with Gasteiger partial charge in [-0.2, -0.15) is 0 Å². The van der Waals surface area contributed by atoms with Crippen LogP contribution in [-0.2, 0) is 16.0 Å². The molecule has 1 aromatic heterocycles. The van der Waals surface area contributed by atoms with Crippen LogP contribution >= 0.6 is 11.6 Å². The first-order valence-electron chi connectivity index (χ1n) is 12.0. The number of aromatic nitrogens is 1. The minimum absolute atomic E-state index is 0.00839. The standard InChI is InChI=1S/C28H23ClN4O5/c1-17-6-9-20(10-7-17)32-26(34)15-25(28(32)36)31(13-12-19-16-30-23-5-3-2-4-21(19)23)27(35)18-8-11-22(29)24(14-18)33(37)38/h2-11,14,16,25,30H,12-13,15H2,1H3.